The summed E-state index contributed by atoms with van der Waals surface area (Å²) in [7, 11) is -3.94. The van der Waals surface area contributed by atoms with Gasteiger partial charge in [0, 0.05) is 12.6 Å². The van der Waals surface area contributed by atoms with Gasteiger partial charge in [0.2, 0.25) is 10.0 Å². The van der Waals surface area contributed by atoms with Crippen LogP contribution < -0.4 is 15.2 Å². The molecule has 5 nitrogen and oxygen atoms in total. The molecule has 1 aromatic carbocycles. The van der Waals surface area contributed by atoms with Crippen LogP contribution in [-0.2, 0) is 10.0 Å². The first kappa shape index (κ1) is 14.8. The van der Waals surface area contributed by atoms with Gasteiger partial charge in [-0.1, -0.05) is 12.1 Å². The predicted molar refractivity (Wildman–Crippen MR) is 61.9 cm³/mol. The van der Waals surface area contributed by atoms with E-state index in [0.29, 0.717) is 0 Å². The zero-order valence-corrected chi connectivity index (χ0v) is 10.5. The van der Waals surface area contributed by atoms with Crippen LogP contribution in [0.1, 0.15) is 6.92 Å². The minimum absolute atomic E-state index is 0.0943. The van der Waals surface area contributed by atoms with Gasteiger partial charge >= 0.3 is 6.61 Å². The van der Waals surface area contributed by atoms with Gasteiger partial charge in [-0.25, -0.2) is 13.1 Å². The Labute approximate surface area is 104 Å². The number of halogens is 2. The number of para-hydroxylation sites is 1. The van der Waals surface area contributed by atoms with Crippen molar-refractivity contribution in [2.75, 3.05) is 6.54 Å². The highest BCUT2D eigenvalue weighted by Gasteiger charge is 2.22. The van der Waals surface area contributed by atoms with E-state index >= 15 is 0 Å². The lowest BCUT2D eigenvalue weighted by Crippen LogP contribution is -2.37. The number of alkyl halides is 2. The van der Waals surface area contributed by atoms with E-state index in [-0.39, 0.29) is 11.4 Å². The molecule has 0 fully saturated rings. The lowest BCUT2D eigenvalue weighted by Gasteiger charge is -2.14. The fourth-order valence-corrected chi connectivity index (χ4v) is 2.63. The maximum absolute atomic E-state index is 12.2. The van der Waals surface area contributed by atoms with E-state index in [4.69, 9.17) is 5.73 Å². The predicted octanol–water partition coefficient (Wildman–Crippen LogP) is 0.913. The van der Waals surface area contributed by atoms with Crippen molar-refractivity contribution >= 4 is 10.0 Å². The van der Waals surface area contributed by atoms with Crippen LogP contribution in [0.25, 0.3) is 0 Å². The third kappa shape index (κ3) is 3.90. The standard InChI is InChI=1S/C10H14F2N2O3S/c1-7(6-13)14-18(15,16)9-5-3-2-4-8(9)17-10(11)12/h2-5,7,10,14H,6,13H2,1H3/t7-/m0/s1. The summed E-state index contributed by atoms with van der Waals surface area (Å²) in [6.07, 6.45) is 0. The van der Waals surface area contributed by atoms with Gasteiger partial charge in [0.1, 0.15) is 10.6 Å². The lowest BCUT2D eigenvalue weighted by molar-refractivity contribution is -0.0517. The van der Waals surface area contributed by atoms with Gasteiger partial charge in [-0.2, -0.15) is 8.78 Å². The molecular formula is C10H14F2N2O3S. The number of sulfonamides is 1. The Kier molecular flexibility index (Phi) is 5.00. The zero-order chi connectivity index (χ0) is 13.8. The highest BCUT2D eigenvalue weighted by atomic mass is 32.2. The highest BCUT2D eigenvalue weighted by Crippen LogP contribution is 2.24. The first-order chi connectivity index (χ1) is 8.36. The lowest BCUT2D eigenvalue weighted by atomic mass is 10.3. The maximum atomic E-state index is 12.2. The van der Waals surface area contributed by atoms with Crippen LogP contribution in [-0.4, -0.2) is 27.6 Å². The molecule has 18 heavy (non-hydrogen) atoms. The van der Waals surface area contributed by atoms with Crippen molar-refractivity contribution in [1.82, 2.24) is 4.72 Å². The van der Waals surface area contributed by atoms with E-state index in [1.807, 2.05) is 0 Å². The maximum Gasteiger partial charge on any atom is 0.387 e. The number of benzene rings is 1. The zero-order valence-electron chi connectivity index (χ0n) is 9.64. The Balaban J connectivity index is 3.08. The minimum atomic E-state index is -3.94. The first-order valence-electron chi connectivity index (χ1n) is 5.13. The Bertz CT molecular complexity index is 494. The third-order valence-electron chi connectivity index (χ3n) is 2.06. The molecule has 3 N–H and O–H groups in total. The summed E-state index contributed by atoms with van der Waals surface area (Å²) in [5, 5.41) is 0. The molecule has 0 amide bonds. The number of rotatable bonds is 6. The van der Waals surface area contributed by atoms with Gasteiger partial charge in [0.25, 0.3) is 0 Å². The van der Waals surface area contributed by atoms with Gasteiger partial charge in [-0.15, -0.1) is 0 Å². The average Bonchev–Trinajstić information content (AvgIpc) is 2.28. The monoisotopic (exact) mass is 280 g/mol. The van der Waals surface area contributed by atoms with E-state index in [1.165, 1.54) is 18.2 Å². The summed E-state index contributed by atoms with van der Waals surface area (Å²) in [5.41, 5.74) is 5.30. The summed E-state index contributed by atoms with van der Waals surface area (Å²) in [5.74, 6) is -0.399. The molecule has 1 rings (SSSR count). The second kappa shape index (κ2) is 6.07. The van der Waals surface area contributed by atoms with E-state index in [0.717, 1.165) is 6.07 Å². The molecule has 0 unspecified atom stereocenters. The van der Waals surface area contributed by atoms with Crippen LogP contribution in [0.3, 0.4) is 0 Å². The van der Waals surface area contributed by atoms with Crippen molar-refractivity contribution in [3.8, 4) is 5.75 Å². The summed E-state index contributed by atoms with van der Waals surface area (Å²) in [4.78, 5) is -0.342. The van der Waals surface area contributed by atoms with E-state index < -0.39 is 28.4 Å². The molecule has 1 aromatic rings. The molecule has 0 aromatic heterocycles. The third-order valence-corrected chi connectivity index (χ3v) is 3.69. The molecule has 0 bridgehead atoms. The molecule has 0 radical (unpaired) electrons. The second-order valence-electron chi connectivity index (χ2n) is 3.58. The van der Waals surface area contributed by atoms with Crippen LogP contribution >= 0.6 is 0 Å². The van der Waals surface area contributed by atoms with E-state index in [1.54, 1.807) is 6.92 Å². The van der Waals surface area contributed by atoms with Crippen molar-refractivity contribution in [3.63, 3.8) is 0 Å². The van der Waals surface area contributed by atoms with Gasteiger partial charge in [-0.3, -0.25) is 0 Å². The highest BCUT2D eigenvalue weighted by molar-refractivity contribution is 7.89. The average molecular weight is 280 g/mol. The number of nitrogens with one attached hydrogen (secondary N) is 1. The molecule has 0 aliphatic carbocycles. The molecule has 0 heterocycles. The quantitative estimate of drug-likeness (QED) is 0.811. The SMILES string of the molecule is C[C@@H](CN)NS(=O)(=O)c1ccccc1OC(F)F. The van der Waals surface area contributed by atoms with Crippen LogP contribution in [0.2, 0.25) is 0 Å². The van der Waals surface area contributed by atoms with Gasteiger partial charge in [0.15, 0.2) is 0 Å². The molecule has 0 saturated carbocycles. The normalized spacial score (nSPS) is 13.6. The van der Waals surface area contributed by atoms with Crippen molar-refractivity contribution in [2.24, 2.45) is 5.73 Å². The first-order valence-corrected chi connectivity index (χ1v) is 6.61. The van der Waals surface area contributed by atoms with E-state index in [9.17, 15) is 17.2 Å². The minimum Gasteiger partial charge on any atom is -0.433 e. The second-order valence-corrected chi connectivity index (χ2v) is 5.27. The van der Waals surface area contributed by atoms with Crippen LogP contribution in [0, 0.1) is 0 Å². The van der Waals surface area contributed by atoms with E-state index in [2.05, 4.69) is 9.46 Å². The fourth-order valence-electron chi connectivity index (χ4n) is 1.24. The summed E-state index contributed by atoms with van der Waals surface area (Å²) in [6, 6.07) is 4.66. The number of hydrogen-bond donors (Lipinski definition) is 2. The van der Waals surface area contributed by atoms with Crippen molar-refractivity contribution < 1.29 is 21.9 Å². The summed E-state index contributed by atoms with van der Waals surface area (Å²) in [6.45, 7) is -1.43. The number of ether oxygens (including phenoxy) is 1. The molecule has 8 heteroatoms. The topological polar surface area (TPSA) is 81.4 Å². The summed E-state index contributed by atoms with van der Waals surface area (Å²) < 4.78 is 54.6. The molecule has 0 aliphatic heterocycles. The Morgan fingerprint density at radius 1 is 1.39 bits per heavy atom. The van der Waals surface area contributed by atoms with Crippen molar-refractivity contribution in [3.05, 3.63) is 24.3 Å². The van der Waals surface area contributed by atoms with Crippen LogP contribution in [0.4, 0.5) is 8.78 Å². The van der Waals surface area contributed by atoms with Crippen molar-refractivity contribution in [1.29, 1.82) is 0 Å². The van der Waals surface area contributed by atoms with Gasteiger partial charge in [0.05, 0.1) is 0 Å². The fraction of sp³-hybridized carbons (Fsp3) is 0.400. The molecule has 0 saturated heterocycles. The smallest absolute Gasteiger partial charge is 0.387 e. The van der Waals surface area contributed by atoms with Crippen LogP contribution in [0.15, 0.2) is 29.2 Å². The van der Waals surface area contributed by atoms with Gasteiger partial charge < -0.3 is 10.5 Å². The Morgan fingerprint density at radius 3 is 2.56 bits per heavy atom. The molecular weight excluding hydrogens is 266 g/mol. The van der Waals surface area contributed by atoms with Crippen molar-refractivity contribution in [2.45, 2.75) is 24.5 Å². The number of nitrogens with two attached hydrogens (primary N) is 1. The largest absolute Gasteiger partial charge is 0.433 e. The Hall–Kier alpha value is -1.25. The molecule has 102 valence electrons. The summed E-state index contributed by atoms with van der Waals surface area (Å²) >= 11 is 0. The molecule has 0 spiro atoms. The van der Waals surface area contributed by atoms with Gasteiger partial charge in [-0.05, 0) is 19.1 Å². The Morgan fingerprint density at radius 2 is 2.00 bits per heavy atom. The van der Waals surface area contributed by atoms with Crippen LogP contribution in [0.5, 0.6) is 5.75 Å². The molecule has 0 aliphatic rings. The molecule has 1 atom stereocenters. The number of hydrogen-bond acceptors (Lipinski definition) is 4.